The van der Waals surface area contributed by atoms with Crippen LogP contribution in [-0.2, 0) is 43.4 Å². The zero-order valence-corrected chi connectivity index (χ0v) is 35.7. The van der Waals surface area contributed by atoms with Crippen molar-refractivity contribution in [2.75, 3.05) is 5.73 Å². The van der Waals surface area contributed by atoms with Crippen LogP contribution in [0.2, 0.25) is 0 Å². The van der Waals surface area contributed by atoms with Crippen molar-refractivity contribution < 1.29 is 58.1 Å². The first kappa shape index (κ1) is 42.9. The average Bonchev–Trinajstić information content (AvgIpc) is 3.26. The Labute approximate surface area is 370 Å². The smallest absolute Gasteiger partial charge is 0.296 e. The van der Waals surface area contributed by atoms with Gasteiger partial charge in [-0.3, -0.25) is 42.6 Å². The third kappa shape index (κ3) is 7.75. The van der Waals surface area contributed by atoms with E-state index in [1.54, 1.807) is 54.6 Å². The maximum Gasteiger partial charge on any atom is 0.296 e. The number of anilines is 1. The highest BCUT2D eigenvalue weighted by atomic mass is 32.2. The van der Waals surface area contributed by atoms with Crippen molar-refractivity contribution in [3.05, 3.63) is 166 Å². The predicted molar refractivity (Wildman–Crippen MR) is 237 cm³/mol. The zero-order chi connectivity index (χ0) is 46.3. The highest BCUT2D eigenvalue weighted by Crippen LogP contribution is 2.40. The molecule has 0 unspecified atom stereocenters. The van der Waals surface area contributed by atoms with E-state index in [1.165, 1.54) is 6.07 Å². The molecule has 9 rings (SSSR count). The number of rotatable bonds is 10. The van der Waals surface area contributed by atoms with E-state index in [1.807, 2.05) is 48.6 Å². The van der Waals surface area contributed by atoms with E-state index < -0.39 is 74.4 Å². The highest BCUT2D eigenvalue weighted by Gasteiger charge is 2.37. The summed E-state index contributed by atoms with van der Waals surface area (Å²) in [6, 6.07) is 31.2. The standard InChI is InChI=1S/C46H31N3O13S3/c47-42-35-19-33(64(57,58)59)21-37-41(35)38(22-39(42)65(60,61)62)46(53)49(45(37)52)24-28-12-16-30(17-13-28)29-14-10-26(11-15-29)5-4-25-6-8-27(9-7-25)23-48-43(50)34-3-1-2-31-18-32(63(54,55)56)20-36(40(31)34)44(48)51/h1-22H,23-24,47H2,(H,54,55,56)(H,57,58,59)(H,60,61,62)/b5-4+. The van der Waals surface area contributed by atoms with Crippen molar-refractivity contribution in [3.8, 4) is 11.1 Å². The van der Waals surface area contributed by atoms with Crippen LogP contribution in [0.5, 0.6) is 0 Å². The van der Waals surface area contributed by atoms with E-state index in [0.717, 1.165) is 56.3 Å². The van der Waals surface area contributed by atoms with Gasteiger partial charge in [-0.2, -0.15) is 25.3 Å². The lowest BCUT2D eigenvalue weighted by molar-refractivity contribution is 0.0583. The van der Waals surface area contributed by atoms with Crippen molar-refractivity contribution in [2.24, 2.45) is 0 Å². The fraction of sp³-hybridized carbons (Fsp3) is 0.0435. The Morgan fingerprint density at radius 2 is 0.908 bits per heavy atom. The third-order valence-corrected chi connectivity index (χ3v) is 13.8. The molecule has 65 heavy (non-hydrogen) atoms. The Balaban J connectivity index is 0.880. The number of nitrogens with two attached hydrogens (primary N) is 1. The summed E-state index contributed by atoms with van der Waals surface area (Å²) in [4.78, 5) is 54.2. The molecular weight excluding hydrogens is 899 g/mol. The summed E-state index contributed by atoms with van der Waals surface area (Å²) in [6.07, 6.45) is 3.77. The Kier molecular flexibility index (Phi) is 10.2. The number of hydrogen-bond donors (Lipinski definition) is 4. The summed E-state index contributed by atoms with van der Waals surface area (Å²) in [7, 11) is -14.6. The Hall–Kier alpha value is -7.39. The minimum absolute atomic E-state index is 0.000863. The van der Waals surface area contributed by atoms with Crippen LogP contribution >= 0.6 is 0 Å². The fourth-order valence-electron chi connectivity index (χ4n) is 8.06. The molecule has 0 atom stereocenters. The quantitative estimate of drug-likeness (QED) is 0.0479. The number of imide groups is 2. The third-order valence-electron chi connectivity index (χ3n) is 11.3. The molecule has 0 aromatic heterocycles. The Bertz CT molecular complexity index is 3630. The molecule has 2 aliphatic heterocycles. The lowest BCUT2D eigenvalue weighted by Gasteiger charge is -2.28. The topological polar surface area (TPSA) is 264 Å². The summed E-state index contributed by atoms with van der Waals surface area (Å²) < 4.78 is 102. The SMILES string of the molecule is Nc1c(S(=O)(=O)O)cc2c3c(cc(S(=O)(=O)O)cc13)C(=O)N(Cc1ccc(-c3ccc(/C=C/c4ccc(CN5C(=O)c6cccc7cc(S(=O)(=O)O)cc(c67)C5=O)cc4)cc3)cc1)C2=O. The van der Waals surface area contributed by atoms with Gasteiger partial charge in [0.15, 0.2) is 0 Å². The summed E-state index contributed by atoms with van der Waals surface area (Å²) in [6.45, 7) is -0.377. The lowest BCUT2D eigenvalue weighted by atomic mass is 9.92. The number of carbonyl (C=O) groups is 4. The van der Waals surface area contributed by atoms with Crippen LogP contribution in [-0.4, -0.2) is 72.3 Å². The second-order valence-electron chi connectivity index (χ2n) is 15.3. The average molecular weight is 930 g/mol. The van der Waals surface area contributed by atoms with Gasteiger partial charge in [0.05, 0.1) is 45.3 Å². The van der Waals surface area contributed by atoms with E-state index in [4.69, 9.17) is 5.73 Å². The number of benzene rings is 7. The fourth-order valence-corrected chi connectivity index (χ4v) is 9.79. The van der Waals surface area contributed by atoms with Crippen molar-refractivity contribution in [2.45, 2.75) is 27.8 Å². The molecule has 0 spiro atoms. The summed E-state index contributed by atoms with van der Waals surface area (Å²) in [5.41, 5.74) is 9.41. The molecule has 2 aliphatic rings. The van der Waals surface area contributed by atoms with Crippen LogP contribution in [0, 0.1) is 0 Å². The molecular formula is C46H31N3O13S3. The maximum absolute atomic E-state index is 13.7. The van der Waals surface area contributed by atoms with Gasteiger partial charge < -0.3 is 5.73 Å². The first-order chi connectivity index (χ1) is 30.7. The molecule has 16 nitrogen and oxygen atoms in total. The summed E-state index contributed by atoms with van der Waals surface area (Å²) in [5.74, 6) is -3.05. The second kappa shape index (κ2) is 15.4. The minimum Gasteiger partial charge on any atom is -0.397 e. The monoisotopic (exact) mass is 929 g/mol. The van der Waals surface area contributed by atoms with Crippen molar-refractivity contribution in [1.82, 2.24) is 9.80 Å². The zero-order valence-electron chi connectivity index (χ0n) is 33.2. The number of hydrogen-bond acceptors (Lipinski definition) is 11. The first-order valence-corrected chi connectivity index (χ1v) is 23.6. The second-order valence-corrected chi connectivity index (χ2v) is 19.5. The van der Waals surface area contributed by atoms with Crippen LogP contribution < -0.4 is 5.73 Å². The lowest BCUT2D eigenvalue weighted by Crippen LogP contribution is -2.40. The highest BCUT2D eigenvalue weighted by molar-refractivity contribution is 7.86. The summed E-state index contributed by atoms with van der Waals surface area (Å²) >= 11 is 0. The van der Waals surface area contributed by atoms with Gasteiger partial charge in [-0.25, -0.2) is 0 Å². The first-order valence-electron chi connectivity index (χ1n) is 19.3. The van der Waals surface area contributed by atoms with Gasteiger partial charge >= 0.3 is 0 Å². The number of nitrogens with zero attached hydrogens (tertiary/aromatic N) is 2. The molecule has 0 saturated heterocycles. The molecule has 19 heteroatoms. The molecule has 4 amide bonds. The van der Waals surface area contributed by atoms with Crippen molar-refractivity contribution in [3.63, 3.8) is 0 Å². The van der Waals surface area contributed by atoms with Gasteiger partial charge in [-0.15, -0.1) is 0 Å². The summed E-state index contributed by atoms with van der Waals surface area (Å²) in [5, 5.41) is 0.202. The van der Waals surface area contributed by atoms with E-state index in [9.17, 15) is 58.1 Å². The van der Waals surface area contributed by atoms with Crippen LogP contribution in [0.1, 0.15) is 63.7 Å². The predicted octanol–water partition coefficient (Wildman–Crippen LogP) is 6.75. The maximum atomic E-state index is 13.7. The molecule has 5 N–H and O–H groups in total. The van der Waals surface area contributed by atoms with Crippen LogP contribution in [0.15, 0.2) is 136 Å². The Morgan fingerprint density at radius 1 is 0.477 bits per heavy atom. The number of carbonyl (C=O) groups excluding carboxylic acids is 4. The number of nitrogen functional groups attached to an aromatic ring is 1. The van der Waals surface area contributed by atoms with Crippen molar-refractivity contribution >= 4 is 93.4 Å². The Morgan fingerprint density at radius 3 is 1.42 bits per heavy atom. The van der Waals surface area contributed by atoms with Crippen molar-refractivity contribution in [1.29, 1.82) is 0 Å². The molecule has 0 aliphatic carbocycles. The van der Waals surface area contributed by atoms with Gasteiger partial charge in [0, 0.05) is 21.7 Å². The molecule has 2 heterocycles. The van der Waals surface area contributed by atoms with E-state index >= 15 is 0 Å². The molecule has 0 radical (unpaired) electrons. The van der Waals surface area contributed by atoms with Gasteiger partial charge in [0.2, 0.25) is 0 Å². The molecule has 326 valence electrons. The van der Waals surface area contributed by atoms with E-state index in [0.29, 0.717) is 21.9 Å². The minimum atomic E-state index is -5.01. The van der Waals surface area contributed by atoms with Crippen LogP contribution in [0.25, 0.3) is 44.8 Å². The van der Waals surface area contributed by atoms with Gasteiger partial charge in [-0.1, -0.05) is 97.1 Å². The van der Waals surface area contributed by atoms with E-state index in [-0.39, 0.29) is 46.1 Å². The molecule has 7 aromatic rings. The molecule has 7 aromatic carbocycles. The van der Waals surface area contributed by atoms with Gasteiger partial charge in [-0.05, 0) is 75.2 Å². The molecule has 0 bridgehead atoms. The number of amides is 4. The van der Waals surface area contributed by atoms with Gasteiger partial charge in [0.25, 0.3) is 54.0 Å². The van der Waals surface area contributed by atoms with E-state index in [2.05, 4.69) is 0 Å². The normalized spacial score (nSPS) is 14.3. The molecule has 0 fully saturated rings. The largest absolute Gasteiger partial charge is 0.397 e. The van der Waals surface area contributed by atoms with Crippen LogP contribution in [0.4, 0.5) is 5.69 Å². The van der Waals surface area contributed by atoms with Crippen LogP contribution in [0.3, 0.4) is 0 Å². The molecule has 0 saturated carbocycles. The van der Waals surface area contributed by atoms with Gasteiger partial charge in [0.1, 0.15) is 4.90 Å².